The van der Waals surface area contributed by atoms with Gasteiger partial charge in [-0.2, -0.15) is 0 Å². The predicted octanol–water partition coefficient (Wildman–Crippen LogP) is 1.94. The van der Waals surface area contributed by atoms with Crippen LogP contribution in [0, 0.1) is 6.92 Å². The fraction of sp³-hybridized carbons (Fsp3) is 0.583. The van der Waals surface area contributed by atoms with Crippen molar-refractivity contribution in [1.29, 1.82) is 0 Å². The first-order chi connectivity index (χ1) is 7.11. The third-order valence-electron chi connectivity index (χ3n) is 2.15. The zero-order valence-corrected chi connectivity index (χ0v) is 10.0. The molecule has 0 aromatic carbocycles. The van der Waals surface area contributed by atoms with Gasteiger partial charge in [-0.15, -0.1) is 0 Å². The standard InChI is InChI=1S/C12H20N2O/c1-9(2)13-6-5-11-8-12(15-4)7-10(3)14-11/h7-9,13H,5-6H2,1-4H3. The number of aryl methyl sites for hydroxylation is 1. The molecule has 0 saturated carbocycles. The van der Waals surface area contributed by atoms with Crippen LogP contribution in [0.4, 0.5) is 0 Å². The summed E-state index contributed by atoms with van der Waals surface area (Å²) in [6, 6.07) is 4.46. The summed E-state index contributed by atoms with van der Waals surface area (Å²) in [6.07, 6.45) is 0.941. The molecule has 3 heteroatoms. The van der Waals surface area contributed by atoms with Crippen LogP contribution in [-0.4, -0.2) is 24.7 Å². The van der Waals surface area contributed by atoms with Crippen LogP contribution in [0.5, 0.6) is 5.75 Å². The highest BCUT2D eigenvalue weighted by atomic mass is 16.5. The molecule has 1 aromatic rings. The van der Waals surface area contributed by atoms with E-state index in [2.05, 4.69) is 24.1 Å². The summed E-state index contributed by atoms with van der Waals surface area (Å²) in [5, 5.41) is 3.37. The van der Waals surface area contributed by atoms with Crippen LogP contribution in [0.2, 0.25) is 0 Å². The van der Waals surface area contributed by atoms with E-state index in [4.69, 9.17) is 4.74 Å². The van der Waals surface area contributed by atoms with E-state index in [0.717, 1.165) is 30.1 Å². The van der Waals surface area contributed by atoms with Crippen molar-refractivity contribution >= 4 is 0 Å². The minimum Gasteiger partial charge on any atom is -0.497 e. The summed E-state index contributed by atoms with van der Waals surface area (Å²) in [7, 11) is 1.69. The highest BCUT2D eigenvalue weighted by Crippen LogP contribution is 2.13. The van der Waals surface area contributed by atoms with Crippen molar-refractivity contribution in [1.82, 2.24) is 10.3 Å². The lowest BCUT2D eigenvalue weighted by atomic mass is 10.2. The van der Waals surface area contributed by atoms with Gasteiger partial charge < -0.3 is 10.1 Å². The Labute approximate surface area is 91.9 Å². The number of aromatic nitrogens is 1. The van der Waals surface area contributed by atoms with Gasteiger partial charge in [0.05, 0.1) is 7.11 Å². The van der Waals surface area contributed by atoms with Crippen LogP contribution < -0.4 is 10.1 Å². The number of hydrogen-bond acceptors (Lipinski definition) is 3. The average molecular weight is 208 g/mol. The summed E-state index contributed by atoms with van der Waals surface area (Å²) in [5.41, 5.74) is 2.09. The molecule has 0 unspecified atom stereocenters. The predicted molar refractivity (Wildman–Crippen MR) is 62.4 cm³/mol. The maximum Gasteiger partial charge on any atom is 0.122 e. The molecule has 3 nitrogen and oxygen atoms in total. The van der Waals surface area contributed by atoms with Crippen LogP contribution in [0.15, 0.2) is 12.1 Å². The molecule has 0 aliphatic carbocycles. The van der Waals surface area contributed by atoms with Gasteiger partial charge >= 0.3 is 0 Å². The molecule has 0 bridgehead atoms. The molecule has 0 aliphatic rings. The maximum atomic E-state index is 5.20. The molecular weight excluding hydrogens is 188 g/mol. The van der Waals surface area contributed by atoms with Crippen molar-refractivity contribution in [3.8, 4) is 5.75 Å². The van der Waals surface area contributed by atoms with Crippen molar-refractivity contribution in [3.63, 3.8) is 0 Å². The molecule has 0 spiro atoms. The largest absolute Gasteiger partial charge is 0.497 e. The first-order valence-electron chi connectivity index (χ1n) is 5.36. The molecule has 1 aromatic heterocycles. The molecule has 84 valence electrons. The van der Waals surface area contributed by atoms with Gasteiger partial charge in [-0.1, -0.05) is 13.8 Å². The van der Waals surface area contributed by atoms with Crippen LogP contribution in [0.3, 0.4) is 0 Å². The normalized spacial score (nSPS) is 10.7. The Morgan fingerprint density at radius 3 is 2.73 bits per heavy atom. The van der Waals surface area contributed by atoms with Gasteiger partial charge in [-0.3, -0.25) is 4.98 Å². The van der Waals surface area contributed by atoms with E-state index in [0.29, 0.717) is 6.04 Å². The molecular formula is C12H20N2O. The number of rotatable bonds is 5. The quantitative estimate of drug-likeness (QED) is 0.803. The maximum absolute atomic E-state index is 5.20. The van der Waals surface area contributed by atoms with Crippen molar-refractivity contribution in [2.24, 2.45) is 0 Å². The van der Waals surface area contributed by atoms with Crippen LogP contribution >= 0.6 is 0 Å². The number of methoxy groups -OCH3 is 1. The van der Waals surface area contributed by atoms with E-state index < -0.39 is 0 Å². The third kappa shape index (κ3) is 4.30. The second-order valence-corrected chi connectivity index (χ2v) is 4.00. The van der Waals surface area contributed by atoms with Crippen LogP contribution in [0.1, 0.15) is 25.2 Å². The Kier molecular flexibility index (Phi) is 4.56. The first kappa shape index (κ1) is 12.0. The van der Waals surface area contributed by atoms with Gasteiger partial charge in [-0.25, -0.2) is 0 Å². The molecule has 0 aliphatic heterocycles. The Morgan fingerprint density at radius 1 is 1.40 bits per heavy atom. The zero-order valence-electron chi connectivity index (χ0n) is 10.0. The van der Waals surface area contributed by atoms with E-state index >= 15 is 0 Å². The topological polar surface area (TPSA) is 34.1 Å². The highest BCUT2D eigenvalue weighted by molar-refractivity contribution is 5.26. The average Bonchev–Trinajstić information content (AvgIpc) is 2.16. The highest BCUT2D eigenvalue weighted by Gasteiger charge is 2.00. The van der Waals surface area contributed by atoms with E-state index in [1.807, 2.05) is 19.1 Å². The molecule has 0 amide bonds. The third-order valence-corrected chi connectivity index (χ3v) is 2.15. The van der Waals surface area contributed by atoms with Crippen molar-refractivity contribution < 1.29 is 4.74 Å². The first-order valence-corrected chi connectivity index (χ1v) is 5.36. The lowest BCUT2D eigenvalue weighted by Crippen LogP contribution is -2.25. The smallest absolute Gasteiger partial charge is 0.122 e. The van der Waals surface area contributed by atoms with Crippen LogP contribution in [-0.2, 0) is 6.42 Å². The molecule has 1 N–H and O–H groups in total. The summed E-state index contributed by atoms with van der Waals surface area (Å²) >= 11 is 0. The lowest BCUT2D eigenvalue weighted by molar-refractivity contribution is 0.413. The minimum atomic E-state index is 0.525. The molecule has 0 radical (unpaired) electrons. The number of hydrogen-bond donors (Lipinski definition) is 1. The van der Waals surface area contributed by atoms with Crippen molar-refractivity contribution in [2.45, 2.75) is 33.2 Å². The number of ether oxygens (including phenoxy) is 1. The van der Waals surface area contributed by atoms with Crippen molar-refractivity contribution in [2.75, 3.05) is 13.7 Å². The van der Waals surface area contributed by atoms with Gasteiger partial charge in [0.1, 0.15) is 5.75 Å². The van der Waals surface area contributed by atoms with E-state index in [9.17, 15) is 0 Å². The number of nitrogens with one attached hydrogen (secondary N) is 1. The van der Waals surface area contributed by atoms with Gasteiger partial charge in [0.15, 0.2) is 0 Å². The van der Waals surface area contributed by atoms with Crippen LogP contribution in [0.25, 0.3) is 0 Å². The van der Waals surface area contributed by atoms with Gasteiger partial charge in [0.25, 0.3) is 0 Å². The van der Waals surface area contributed by atoms with Gasteiger partial charge in [0.2, 0.25) is 0 Å². The Hall–Kier alpha value is -1.09. The Bertz CT molecular complexity index is 310. The number of nitrogens with zero attached hydrogens (tertiary/aromatic N) is 1. The van der Waals surface area contributed by atoms with E-state index in [1.54, 1.807) is 7.11 Å². The summed E-state index contributed by atoms with van der Waals surface area (Å²) < 4.78 is 5.20. The molecule has 1 rings (SSSR count). The van der Waals surface area contributed by atoms with Gasteiger partial charge in [-0.05, 0) is 6.92 Å². The lowest BCUT2D eigenvalue weighted by Gasteiger charge is -2.09. The summed E-state index contributed by atoms with van der Waals surface area (Å²) in [5.74, 6) is 0.891. The van der Waals surface area contributed by atoms with Gasteiger partial charge in [0, 0.05) is 42.5 Å². The minimum absolute atomic E-state index is 0.525. The van der Waals surface area contributed by atoms with E-state index in [-0.39, 0.29) is 0 Å². The molecule has 15 heavy (non-hydrogen) atoms. The number of pyridine rings is 1. The fourth-order valence-corrected chi connectivity index (χ4v) is 1.44. The van der Waals surface area contributed by atoms with Crippen molar-refractivity contribution in [3.05, 3.63) is 23.5 Å². The SMILES string of the molecule is COc1cc(C)nc(CCNC(C)C)c1. The molecule has 0 atom stereocenters. The summed E-state index contributed by atoms with van der Waals surface area (Å²) in [6.45, 7) is 7.23. The molecule has 1 heterocycles. The monoisotopic (exact) mass is 208 g/mol. The fourth-order valence-electron chi connectivity index (χ4n) is 1.44. The molecule has 0 fully saturated rings. The summed E-state index contributed by atoms with van der Waals surface area (Å²) in [4.78, 5) is 4.46. The molecule has 0 saturated heterocycles. The second-order valence-electron chi connectivity index (χ2n) is 4.00. The zero-order chi connectivity index (χ0) is 11.3. The second kappa shape index (κ2) is 5.71. The van der Waals surface area contributed by atoms with E-state index in [1.165, 1.54) is 0 Å². The Morgan fingerprint density at radius 2 is 2.13 bits per heavy atom. The Balaban J connectivity index is 2.56.